The van der Waals surface area contributed by atoms with Gasteiger partial charge in [0.1, 0.15) is 11.3 Å². The summed E-state index contributed by atoms with van der Waals surface area (Å²) in [5.74, 6) is 0.911. The van der Waals surface area contributed by atoms with Gasteiger partial charge in [-0.25, -0.2) is 4.98 Å². The van der Waals surface area contributed by atoms with Crippen molar-refractivity contribution < 1.29 is 13.9 Å². The van der Waals surface area contributed by atoms with Crippen LogP contribution < -0.4 is 15.6 Å². The van der Waals surface area contributed by atoms with Crippen LogP contribution >= 0.6 is 11.6 Å². The second-order valence-corrected chi connectivity index (χ2v) is 9.76. The number of fused-ring (bicyclic) bond motifs is 2. The highest BCUT2D eigenvalue weighted by atomic mass is 35.5. The zero-order valence-electron chi connectivity index (χ0n) is 21.9. The molecule has 0 radical (unpaired) electrons. The molecule has 0 unspecified atom stereocenters. The topological polar surface area (TPSA) is 98.7 Å². The maximum atomic E-state index is 13.5. The number of nitrogens with one attached hydrogen (secondary N) is 1. The van der Waals surface area contributed by atoms with Crippen LogP contribution in [0.3, 0.4) is 0 Å². The summed E-state index contributed by atoms with van der Waals surface area (Å²) in [7, 11) is 0. The molecular weight excluding hydrogens is 540 g/mol. The second kappa shape index (κ2) is 11.1. The van der Waals surface area contributed by atoms with Crippen LogP contribution in [0.15, 0.2) is 111 Å². The van der Waals surface area contributed by atoms with Gasteiger partial charge >= 0.3 is 0 Å². The molecule has 0 saturated heterocycles. The maximum Gasteiger partial charge on any atom is 0.282 e. The lowest BCUT2D eigenvalue weighted by atomic mass is 10.2. The molecule has 0 fully saturated rings. The molecule has 0 saturated carbocycles. The molecule has 2 aromatic heterocycles. The van der Waals surface area contributed by atoms with Gasteiger partial charge in [0, 0.05) is 16.1 Å². The molecule has 9 heteroatoms. The lowest BCUT2D eigenvalue weighted by molar-refractivity contribution is -0.118. The van der Waals surface area contributed by atoms with Gasteiger partial charge in [0.25, 0.3) is 11.5 Å². The van der Waals surface area contributed by atoms with Crippen molar-refractivity contribution in [3.63, 3.8) is 0 Å². The van der Waals surface area contributed by atoms with Crippen LogP contribution in [0.25, 0.3) is 33.5 Å². The third-order valence-electron chi connectivity index (χ3n) is 6.44. The number of ether oxygens (including phenoxy) is 1. The van der Waals surface area contributed by atoms with E-state index in [1.165, 1.54) is 4.68 Å². The van der Waals surface area contributed by atoms with Crippen LogP contribution in [-0.2, 0) is 4.79 Å². The Balaban J connectivity index is 1.24. The summed E-state index contributed by atoms with van der Waals surface area (Å²) in [6.45, 7) is 1.79. The van der Waals surface area contributed by atoms with Crippen LogP contribution in [0.2, 0.25) is 5.02 Å². The lowest BCUT2D eigenvalue weighted by Gasteiger charge is -2.09. The van der Waals surface area contributed by atoms with Gasteiger partial charge in [0.2, 0.25) is 5.82 Å². The number of aryl methyl sites for hydroxylation is 1. The van der Waals surface area contributed by atoms with Gasteiger partial charge in [-0.1, -0.05) is 41.9 Å². The molecule has 41 heavy (non-hydrogen) atoms. The standard InChI is InChI=1S/C32H23ClN4O4/c1-20-6-2-4-8-26(20)35-30(38)19-40-24-13-10-21(11-14-24)18-34-37-31(36-27-9-5-3-7-25(27)32(37)39)29-17-22-16-23(33)12-15-28(22)41-29/h2-18H,19H2,1H3,(H,35,38). The fourth-order valence-electron chi connectivity index (χ4n) is 4.34. The Morgan fingerprint density at radius 1 is 1.02 bits per heavy atom. The van der Waals surface area contributed by atoms with E-state index in [0.29, 0.717) is 38.6 Å². The predicted octanol–water partition coefficient (Wildman–Crippen LogP) is 6.67. The number of carbonyl (C=O) groups is 1. The Morgan fingerprint density at radius 2 is 1.80 bits per heavy atom. The Labute approximate surface area is 239 Å². The van der Waals surface area contributed by atoms with E-state index in [9.17, 15) is 9.59 Å². The normalized spacial score (nSPS) is 11.4. The van der Waals surface area contributed by atoms with E-state index in [1.807, 2.05) is 37.3 Å². The van der Waals surface area contributed by atoms with Gasteiger partial charge in [-0.05, 0) is 84.8 Å². The zero-order valence-corrected chi connectivity index (χ0v) is 22.6. The summed E-state index contributed by atoms with van der Waals surface area (Å²) in [6.07, 6.45) is 1.55. The minimum Gasteiger partial charge on any atom is -0.484 e. The van der Waals surface area contributed by atoms with Gasteiger partial charge in [-0.15, -0.1) is 0 Å². The highest BCUT2D eigenvalue weighted by Gasteiger charge is 2.16. The van der Waals surface area contributed by atoms with Crippen molar-refractivity contribution in [1.29, 1.82) is 0 Å². The molecule has 0 aliphatic heterocycles. The number of hydrogen-bond donors (Lipinski definition) is 1. The van der Waals surface area contributed by atoms with Gasteiger partial charge in [-0.2, -0.15) is 9.78 Å². The molecule has 202 valence electrons. The highest BCUT2D eigenvalue weighted by Crippen LogP contribution is 2.29. The third-order valence-corrected chi connectivity index (χ3v) is 6.68. The van der Waals surface area contributed by atoms with Crippen molar-refractivity contribution in [2.24, 2.45) is 5.10 Å². The van der Waals surface area contributed by atoms with E-state index in [1.54, 1.807) is 72.9 Å². The van der Waals surface area contributed by atoms with E-state index in [0.717, 1.165) is 16.6 Å². The summed E-state index contributed by atoms with van der Waals surface area (Å²) in [5, 5.41) is 9.11. The molecule has 1 N–H and O–H groups in total. The van der Waals surface area contributed by atoms with Crippen LogP contribution in [-0.4, -0.2) is 28.4 Å². The van der Waals surface area contributed by atoms with E-state index in [4.69, 9.17) is 25.7 Å². The molecule has 4 aromatic carbocycles. The number of nitrogens with zero attached hydrogens (tertiary/aromatic N) is 3. The van der Waals surface area contributed by atoms with Crippen molar-refractivity contribution in [1.82, 2.24) is 9.66 Å². The quantitative estimate of drug-likeness (QED) is 0.219. The molecule has 2 heterocycles. The maximum absolute atomic E-state index is 13.5. The molecule has 0 bridgehead atoms. The van der Waals surface area contributed by atoms with Crippen LogP contribution in [0.5, 0.6) is 5.75 Å². The Kier molecular flexibility index (Phi) is 7.06. The molecule has 1 amide bonds. The number of halogens is 1. The SMILES string of the molecule is Cc1ccccc1NC(=O)COc1ccc(C=Nn2c(-c3cc4cc(Cl)ccc4o3)nc3ccccc3c2=O)cc1. The minimum atomic E-state index is -0.333. The van der Waals surface area contributed by atoms with Crippen molar-refractivity contribution in [3.8, 4) is 17.3 Å². The number of benzene rings is 4. The first-order chi connectivity index (χ1) is 19.9. The first-order valence-corrected chi connectivity index (χ1v) is 13.2. The average molecular weight is 563 g/mol. The van der Waals surface area contributed by atoms with E-state index in [2.05, 4.69) is 10.4 Å². The number of para-hydroxylation sites is 2. The summed E-state index contributed by atoms with van der Waals surface area (Å²) >= 11 is 6.15. The Morgan fingerprint density at radius 3 is 2.63 bits per heavy atom. The van der Waals surface area contributed by atoms with Gasteiger partial charge < -0.3 is 14.5 Å². The van der Waals surface area contributed by atoms with Gasteiger partial charge in [-0.3, -0.25) is 9.59 Å². The largest absolute Gasteiger partial charge is 0.484 e. The molecule has 6 aromatic rings. The molecule has 6 rings (SSSR count). The first kappa shape index (κ1) is 26.0. The molecule has 0 atom stereocenters. The number of furan rings is 1. The predicted molar refractivity (Wildman–Crippen MR) is 161 cm³/mol. The van der Waals surface area contributed by atoms with Crippen molar-refractivity contribution in [2.75, 3.05) is 11.9 Å². The fourth-order valence-corrected chi connectivity index (χ4v) is 4.52. The average Bonchev–Trinajstić information content (AvgIpc) is 3.40. The summed E-state index contributed by atoms with van der Waals surface area (Å²) < 4.78 is 12.9. The molecular formula is C32H23ClN4O4. The lowest BCUT2D eigenvalue weighted by Crippen LogP contribution is -2.20. The number of hydrogen-bond acceptors (Lipinski definition) is 6. The molecule has 0 spiro atoms. The number of rotatable bonds is 7. The molecule has 0 aliphatic rings. The smallest absolute Gasteiger partial charge is 0.282 e. The number of anilines is 1. The summed E-state index contributed by atoms with van der Waals surface area (Å²) in [6, 6.07) is 28.7. The van der Waals surface area contributed by atoms with Crippen molar-refractivity contribution >= 4 is 51.3 Å². The van der Waals surface area contributed by atoms with Gasteiger partial charge in [0.05, 0.1) is 17.1 Å². The number of aromatic nitrogens is 2. The fraction of sp³-hybridized carbons (Fsp3) is 0.0625. The van der Waals surface area contributed by atoms with E-state index < -0.39 is 0 Å². The number of carbonyl (C=O) groups excluding carboxylic acids is 1. The highest BCUT2D eigenvalue weighted by molar-refractivity contribution is 6.31. The van der Waals surface area contributed by atoms with Crippen molar-refractivity contribution in [2.45, 2.75) is 6.92 Å². The molecule has 0 aliphatic carbocycles. The van der Waals surface area contributed by atoms with Gasteiger partial charge in [0.15, 0.2) is 12.4 Å². The van der Waals surface area contributed by atoms with E-state index >= 15 is 0 Å². The van der Waals surface area contributed by atoms with E-state index in [-0.39, 0.29) is 23.9 Å². The van der Waals surface area contributed by atoms with Crippen LogP contribution in [0, 0.1) is 6.92 Å². The van der Waals surface area contributed by atoms with Crippen molar-refractivity contribution in [3.05, 3.63) is 124 Å². The monoisotopic (exact) mass is 562 g/mol. The third kappa shape index (κ3) is 5.59. The summed E-state index contributed by atoms with van der Waals surface area (Å²) in [4.78, 5) is 30.5. The van der Waals surface area contributed by atoms with Crippen LogP contribution in [0.1, 0.15) is 11.1 Å². The molecule has 8 nitrogen and oxygen atoms in total. The number of amides is 1. The minimum absolute atomic E-state index is 0.133. The Hall–Kier alpha value is -5.21. The second-order valence-electron chi connectivity index (χ2n) is 9.33. The van der Waals surface area contributed by atoms with Crippen LogP contribution in [0.4, 0.5) is 5.69 Å². The summed E-state index contributed by atoms with van der Waals surface area (Å²) in [5.41, 5.74) is 3.25. The first-order valence-electron chi connectivity index (χ1n) is 12.8. The Bertz CT molecular complexity index is 1990. The zero-order chi connectivity index (χ0) is 28.3.